The Morgan fingerprint density at radius 3 is 2.56 bits per heavy atom. The van der Waals surface area contributed by atoms with Crippen LogP contribution in [0.2, 0.25) is 0 Å². The van der Waals surface area contributed by atoms with Crippen molar-refractivity contribution in [2.24, 2.45) is 5.92 Å². The van der Waals surface area contributed by atoms with Crippen molar-refractivity contribution in [3.8, 4) is 5.75 Å². The fourth-order valence-electron chi connectivity index (χ4n) is 4.65. The molecular formula is C25H23BrN2O3S. The van der Waals surface area contributed by atoms with E-state index in [1.54, 1.807) is 43.5 Å². The van der Waals surface area contributed by atoms with Gasteiger partial charge in [0.1, 0.15) is 5.75 Å². The SMILES string of the molecule is COc1ccc(NS(=O)(=O)c2ccc3c(c2)[C@H]2C=CC[C@H]2[C@@H](c2ccccc2Br)N3)cc1. The lowest BCUT2D eigenvalue weighted by atomic mass is 9.77. The number of allylic oxidation sites excluding steroid dienone is 2. The van der Waals surface area contributed by atoms with E-state index in [2.05, 4.69) is 56.3 Å². The van der Waals surface area contributed by atoms with Crippen LogP contribution in [0.3, 0.4) is 0 Å². The molecule has 1 aliphatic heterocycles. The van der Waals surface area contributed by atoms with Crippen molar-refractivity contribution < 1.29 is 13.2 Å². The smallest absolute Gasteiger partial charge is 0.261 e. The highest BCUT2D eigenvalue weighted by molar-refractivity contribution is 9.10. The van der Waals surface area contributed by atoms with Crippen LogP contribution in [0.15, 0.2) is 88.3 Å². The van der Waals surface area contributed by atoms with Gasteiger partial charge in [0.2, 0.25) is 0 Å². The molecule has 0 aromatic heterocycles. The van der Waals surface area contributed by atoms with E-state index in [1.165, 1.54) is 5.56 Å². The van der Waals surface area contributed by atoms with Gasteiger partial charge in [-0.25, -0.2) is 8.42 Å². The summed E-state index contributed by atoms with van der Waals surface area (Å²) in [5.74, 6) is 1.17. The largest absolute Gasteiger partial charge is 0.497 e. The van der Waals surface area contributed by atoms with Gasteiger partial charge in [-0.05, 0) is 72.0 Å². The number of fused-ring (bicyclic) bond motifs is 3. The van der Waals surface area contributed by atoms with Crippen LogP contribution in [-0.4, -0.2) is 15.5 Å². The summed E-state index contributed by atoms with van der Waals surface area (Å²) in [5.41, 5.74) is 3.70. The number of halogens is 1. The Kier molecular flexibility index (Phi) is 5.47. The normalized spacial score (nSPS) is 21.4. The molecule has 164 valence electrons. The van der Waals surface area contributed by atoms with Gasteiger partial charge in [0, 0.05) is 21.8 Å². The molecule has 0 saturated carbocycles. The highest BCUT2D eigenvalue weighted by atomic mass is 79.9. The van der Waals surface area contributed by atoms with E-state index >= 15 is 0 Å². The van der Waals surface area contributed by atoms with E-state index in [-0.39, 0.29) is 16.9 Å². The number of anilines is 2. The molecule has 7 heteroatoms. The minimum Gasteiger partial charge on any atom is -0.497 e. The fourth-order valence-corrected chi connectivity index (χ4v) is 6.27. The number of methoxy groups -OCH3 is 1. The molecule has 0 bridgehead atoms. The minimum absolute atomic E-state index is 0.151. The predicted molar refractivity (Wildman–Crippen MR) is 131 cm³/mol. The Hall–Kier alpha value is -2.77. The van der Waals surface area contributed by atoms with Gasteiger partial charge in [0.15, 0.2) is 0 Å². The minimum atomic E-state index is -3.72. The molecule has 1 heterocycles. The topological polar surface area (TPSA) is 67.4 Å². The third-order valence-electron chi connectivity index (χ3n) is 6.23. The molecule has 0 radical (unpaired) electrons. The van der Waals surface area contributed by atoms with Gasteiger partial charge in [-0.2, -0.15) is 0 Å². The second-order valence-electron chi connectivity index (χ2n) is 8.08. The first-order valence-electron chi connectivity index (χ1n) is 10.4. The highest BCUT2D eigenvalue weighted by Gasteiger charge is 2.39. The summed E-state index contributed by atoms with van der Waals surface area (Å²) in [7, 11) is -2.14. The van der Waals surface area contributed by atoms with Crippen LogP contribution >= 0.6 is 15.9 Å². The zero-order valence-electron chi connectivity index (χ0n) is 17.5. The Morgan fingerprint density at radius 1 is 1.03 bits per heavy atom. The summed E-state index contributed by atoms with van der Waals surface area (Å²) in [4.78, 5) is 0.257. The van der Waals surface area contributed by atoms with Crippen LogP contribution in [0, 0.1) is 5.92 Å². The molecular weight excluding hydrogens is 488 g/mol. The Morgan fingerprint density at radius 2 is 1.81 bits per heavy atom. The number of rotatable bonds is 5. The Bertz CT molecular complexity index is 1290. The highest BCUT2D eigenvalue weighted by Crippen LogP contribution is 2.51. The molecule has 5 rings (SSSR count). The number of sulfonamides is 1. The van der Waals surface area contributed by atoms with E-state index < -0.39 is 10.0 Å². The molecule has 2 N–H and O–H groups in total. The second-order valence-corrected chi connectivity index (χ2v) is 10.6. The average molecular weight is 511 g/mol. The summed E-state index contributed by atoms with van der Waals surface area (Å²) < 4.78 is 35.0. The molecule has 2 aliphatic rings. The fraction of sp³-hybridized carbons (Fsp3) is 0.200. The first-order chi connectivity index (χ1) is 15.5. The van der Waals surface area contributed by atoms with E-state index in [4.69, 9.17) is 4.74 Å². The monoisotopic (exact) mass is 510 g/mol. The van der Waals surface area contributed by atoms with Crippen LogP contribution in [-0.2, 0) is 10.0 Å². The molecule has 32 heavy (non-hydrogen) atoms. The van der Waals surface area contributed by atoms with Gasteiger partial charge in [-0.15, -0.1) is 0 Å². The molecule has 3 atom stereocenters. The molecule has 3 aromatic carbocycles. The summed E-state index contributed by atoms with van der Waals surface area (Å²) in [6.45, 7) is 0. The predicted octanol–water partition coefficient (Wildman–Crippen LogP) is 6.09. The molecule has 5 nitrogen and oxygen atoms in total. The van der Waals surface area contributed by atoms with E-state index in [9.17, 15) is 8.42 Å². The lowest BCUT2D eigenvalue weighted by Gasteiger charge is -2.38. The molecule has 3 aromatic rings. The molecule has 0 saturated heterocycles. The van der Waals surface area contributed by atoms with Crippen LogP contribution < -0.4 is 14.8 Å². The number of nitrogens with one attached hydrogen (secondary N) is 2. The summed E-state index contributed by atoms with van der Waals surface area (Å²) in [6, 6.07) is 20.6. The van der Waals surface area contributed by atoms with Gasteiger partial charge in [-0.3, -0.25) is 4.72 Å². The summed E-state index contributed by atoms with van der Waals surface area (Å²) >= 11 is 3.69. The molecule has 0 unspecified atom stereocenters. The molecule has 0 spiro atoms. The lowest BCUT2D eigenvalue weighted by Crippen LogP contribution is -2.29. The maximum atomic E-state index is 13.1. The first kappa shape index (κ1) is 21.1. The zero-order valence-corrected chi connectivity index (χ0v) is 19.9. The standard InChI is InChI=1S/C25H23BrN2O3S/c1-31-17-11-9-16(10-12-17)28-32(29,30)18-13-14-24-22(15-18)19-6-4-7-20(19)25(27-24)21-5-2-3-8-23(21)26/h2-6,8-15,19-20,25,27-28H,7H2,1H3/t19-,20+,25-/m0/s1. The van der Waals surface area contributed by atoms with Crippen LogP contribution in [0.5, 0.6) is 5.75 Å². The van der Waals surface area contributed by atoms with Crippen molar-refractivity contribution in [3.63, 3.8) is 0 Å². The van der Waals surface area contributed by atoms with Crippen LogP contribution in [0.1, 0.15) is 29.5 Å². The van der Waals surface area contributed by atoms with Crippen LogP contribution in [0.4, 0.5) is 11.4 Å². The van der Waals surface area contributed by atoms with Gasteiger partial charge < -0.3 is 10.1 Å². The van der Waals surface area contributed by atoms with Gasteiger partial charge in [0.25, 0.3) is 10.0 Å². The van der Waals surface area contributed by atoms with Crippen molar-refractivity contribution in [2.75, 3.05) is 17.1 Å². The lowest BCUT2D eigenvalue weighted by molar-refractivity contribution is 0.415. The van der Waals surface area contributed by atoms with Crippen molar-refractivity contribution in [1.29, 1.82) is 0 Å². The van der Waals surface area contributed by atoms with Crippen molar-refractivity contribution >= 4 is 37.3 Å². The van der Waals surface area contributed by atoms with E-state index in [0.29, 0.717) is 17.4 Å². The second kappa shape index (κ2) is 8.30. The third kappa shape index (κ3) is 3.80. The molecule has 0 fully saturated rings. The number of ether oxygens (including phenoxy) is 1. The Labute approximate surface area is 196 Å². The van der Waals surface area contributed by atoms with Crippen LogP contribution in [0.25, 0.3) is 0 Å². The van der Waals surface area contributed by atoms with Crippen molar-refractivity contribution in [3.05, 3.63) is 94.5 Å². The summed E-state index contributed by atoms with van der Waals surface area (Å²) in [5, 5.41) is 3.67. The Balaban J connectivity index is 1.47. The number of benzene rings is 3. The number of hydrogen-bond acceptors (Lipinski definition) is 4. The van der Waals surface area contributed by atoms with Crippen molar-refractivity contribution in [1.82, 2.24) is 0 Å². The van der Waals surface area contributed by atoms with E-state index in [1.807, 2.05) is 12.1 Å². The molecule has 1 aliphatic carbocycles. The zero-order chi connectivity index (χ0) is 22.3. The maximum absolute atomic E-state index is 13.1. The van der Waals surface area contributed by atoms with Gasteiger partial charge in [0.05, 0.1) is 18.0 Å². The molecule has 0 amide bonds. The van der Waals surface area contributed by atoms with Gasteiger partial charge >= 0.3 is 0 Å². The quantitative estimate of drug-likeness (QED) is 0.407. The maximum Gasteiger partial charge on any atom is 0.261 e. The van der Waals surface area contributed by atoms with Crippen molar-refractivity contribution in [2.45, 2.75) is 23.3 Å². The van der Waals surface area contributed by atoms with E-state index in [0.717, 1.165) is 22.1 Å². The first-order valence-corrected chi connectivity index (χ1v) is 12.7. The van der Waals surface area contributed by atoms with Gasteiger partial charge in [-0.1, -0.05) is 46.3 Å². The third-order valence-corrected chi connectivity index (χ3v) is 8.33. The number of hydrogen-bond donors (Lipinski definition) is 2. The average Bonchev–Trinajstić information content (AvgIpc) is 3.29. The summed E-state index contributed by atoms with van der Waals surface area (Å²) in [6.07, 6.45) is 5.36.